The predicted octanol–water partition coefficient (Wildman–Crippen LogP) is 4.74. The van der Waals surface area contributed by atoms with Gasteiger partial charge >= 0.3 is 5.97 Å². The molecule has 0 spiro atoms. The molecule has 11 nitrogen and oxygen atoms in total. The number of carboxylic acid groups (broad SMARTS) is 1. The Labute approximate surface area is 228 Å². The van der Waals surface area contributed by atoms with Crippen LogP contribution >= 0.6 is 0 Å². The molecule has 0 aliphatic heterocycles. The number of anilines is 1. The molecule has 210 valence electrons. The molecule has 3 aromatic rings. The second-order valence-corrected chi connectivity index (χ2v) is 11.2. The largest absolute Gasteiger partial charge is 0.497 e. The third kappa shape index (κ3) is 7.15. The van der Waals surface area contributed by atoms with Crippen molar-refractivity contribution < 1.29 is 32.6 Å². The van der Waals surface area contributed by atoms with Crippen molar-refractivity contribution >= 4 is 27.6 Å². The van der Waals surface area contributed by atoms with Gasteiger partial charge in [0.05, 0.1) is 12.8 Å². The number of rotatable bonds is 12. The topological polar surface area (TPSA) is 149 Å². The first-order valence-electron chi connectivity index (χ1n) is 12.5. The summed E-state index contributed by atoms with van der Waals surface area (Å²) in [5, 5.41) is 16.6. The Morgan fingerprint density at radius 1 is 1.10 bits per heavy atom. The summed E-state index contributed by atoms with van der Waals surface area (Å²) in [6.45, 7) is 8.91. The van der Waals surface area contributed by atoms with Crippen molar-refractivity contribution in [2.45, 2.75) is 58.4 Å². The fraction of sp³-hybridized carbons (Fsp3) is 0.370. The molecule has 3 rings (SSSR count). The molecular formula is C27H34N4O7S. The van der Waals surface area contributed by atoms with Crippen molar-refractivity contribution in [1.29, 1.82) is 0 Å². The number of nitrogens with one attached hydrogen (secondary N) is 2. The number of aromatic nitrogens is 2. The predicted molar refractivity (Wildman–Crippen MR) is 146 cm³/mol. The zero-order chi connectivity index (χ0) is 28.9. The van der Waals surface area contributed by atoms with Gasteiger partial charge in [-0.1, -0.05) is 20.8 Å². The van der Waals surface area contributed by atoms with E-state index in [0.29, 0.717) is 17.9 Å². The quantitative estimate of drug-likeness (QED) is 0.289. The SMILES string of the molecule is CCC(C)NS(=O)(=O)c1cc(NC(=O)CC(C)C)ccc1Oc1c(C)c(C(=O)O)nn1-c1ccc(OC)cc1. The normalized spacial score (nSPS) is 12.3. The number of hydrogen-bond donors (Lipinski definition) is 3. The van der Waals surface area contributed by atoms with E-state index < -0.39 is 16.0 Å². The van der Waals surface area contributed by atoms with Crippen LogP contribution in [0.15, 0.2) is 47.4 Å². The number of nitrogens with zero attached hydrogens (tertiary/aromatic N) is 2. The Bertz CT molecular complexity index is 1450. The van der Waals surface area contributed by atoms with Crippen molar-refractivity contribution in [3.8, 4) is 23.1 Å². The van der Waals surface area contributed by atoms with E-state index >= 15 is 0 Å². The van der Waals surface area contributed by atoms with Gasteiger partial charge in [-0.3, -0.25) is 4.79 Å². The van der Waals surface area contributed by atoms with Crippen LogP contribution < -0.4 is 19.5 Å². The molecule has 39 heavy (non-hydrogen) atoms. The van der Waals surface area contributed by atoms with Crippen molar-refractivity contribution in [2.75, 3.05) is 12.4 Å². The summed E-state index contributed by atoms with van der Waals surface area (Å²) >= 11 is 0. The Balaban J connectivity index is 2.14. The third-order valence-corrected chi connectivity index (χ3v) is 7.48. The summed E-state index contributed by atoms with van der Waals surface area (Å²) in [6, 6.07) is 10.6. The van der Waals surface area contributed by atoms with Crippen LogP contribution in [0.25, 0.3) is 5.69 Å². The number of carbonyl (C=O) groups is 2. The molecule has 0 aliphatic carbocycles. The van der Waals surface area contributed by atoms with Gasteiger partial charge in [-0.25, -0.2) is 17.9 Å². The number of hydrogen-bond acceptors (Lipinski definition) is 7. The fourth-order valence-electron chi connectivity index (χ4n) is 3.68. The van der Waals surface area contributed by atoms with Crippen LogP contribution in [-0.2, 0) is 14.8 Å². The molecule has 12 heteroatoms. The summed E-state index contributed by atoms with van der Waals surface area (Å²) in [5.41, 5.74) is 0.705. The monoisotopic (exact) mass is 558 g/mol. The summed E-state index contributed by atoms with van der Waals surface area (Å²) in [6.07, 6.45) is 0.815. The first-order chi connectivity index (χ1) is 18.4. The molecule has 0 saturated heterocycles. The van der Waals surface area contributed by atoms with Crippen LogP contribution in [0.3, 0.4) is 0 Å². The Kier molecular flexibility index (Phi) is 9.36. The maximum absolute atomic E-state index is 13.4. The number of sulfonamides is 1. The fourth-order valence-corrected chi connectivity index (χ4v) is 5.16. The number of methoxy groups -OCH3 is 1. The first-order valence-corrected chi connectivity index (χ1v) is 14.0. The molecule has 1 heterocycles. The van der Waals surface area contributed by atoms with Gasteiger partial charge in [-0.2, -0.15) is 9.78 Å². The van der Waals surface area contributed by atoms with E-state index in [-0.39, 0.29) is 57.8 Å². The van der Waals surface area contributed by atoms with Gasteiger partial charge in [-0.05, 0) is 68.7 Å². The van der Waals surface area contributed by atoms with Crippen molar-refractivity contribution in [2.24, 2.45) is 5.92 Å². The summed E-state index contributed by atoms with van der Waals surface area (Å²) in [7, 11) is -2.58. The highest BCUT2D eigenvalue weighted by Crippen LogP contribution is 2.35. The molecule has 1 amide bonds. The second-order valence-electron chi connectivity index (χ2n) is 9.53. The standard InChI is InChI=1S/C27H34N4O7S/c1-7-17(4)30-39(35,36)23-15-19(28-24(32)14-16(2)3)8-13-22(23)38-26-18(5)25(27(33)34)29-31(26)20-9-11-21(37-6)12-10-20/h8-13,15-17,30H,7,14H2,1-6H3,(H,28,32)(H,33,34). The van der Waals surface area contributed by atoms with E-state index in [9.17, 15) is 23.1 Å². The van der Waals surface area contributed by atoms with Crippen LogP contribution in [0, 0.1) is 12.8 Å². The lowest BCUT2D eigenvalue weighted by Crippen LogP contribution is -2.32. The van der Waals surface area contributed by atoms with Gasteiger partial charge in [0.1, 0.15) is 16.4 Å². The molecule has 3 N–H and O–H groups in total. The first kappa shape index (κ1) is 29.7. The highest BCUT2D eigenvalue weighted by Gasteiger charge is 2.27. The maximum atomic E-state index is 13.4. The average molecular weight is 559 g/mol. The second kappa shape index (κ2) is 12.3. The van der Waals surface area contributed by atoms with Crippen LogP contribution in [-0.4, -0.2) is 48.3 Å². The number of ether oxygens (including phenoxy) is 2. The van der Waals surface area contributed by atoms with Gasteiger partial charge < -0.3 is 19.9 Å². The van der Waals surface area contributed by atoms with Gasteiger partial charge in [0.15, 0.2) is 5.69 Å². The molecule has 0 fully saturated rings. The maximum Gasteiger partial charge on any atom is 0.356 e. The van der Waals surface area contributed by atoms with Crippen molar-refractivity contribution in [3.05, 3.63) is 53.7 Å². The lowest BCUT2D eigenvalue weighted by molar-refractivity contribution is -0.116. The molecule has 1 unspecified atom stereocenters. The average Bonchev–Trinajstić information content (AvgIpc) is 3.20. The van der Waals surface area contributed by atoms with Crippen molar-refractivity contribution in [1.82, 2.24) is 14.5 Å². The van der Waals surface area contributed by atoms with Gasteiger partial charge in [0.2, 0.25) is 21.8 Å². The minimum Gasteiger partial charge on any atom is -0.497 e. The number of amides is 1. The van der Waals surface area contributed by atoms with Crippen LogP contribution in [0.1, 0.15) is 56.6 Å². The number of carbonyl (C=O) groups excluding carboxylic acids is 1. The number of benzene rings is 2. The highest BCUT2D eigenvalue weighted by atomic mass is 32.2. The Hall–Kier alpha value is -3.90. The van der Waals surface area contributed by atoms with Crippen molar-refractivity contribution in [3.63, 3.8) is 0 Å². The molecular weight excluding hydrogens is 524 g/mol. The molecule has 1 atom stereocenters. The van der Waals surface area contributed by atoms with E-state index in [1.165, 1.54) is 36.9 Å². The molecule has 1 aromatic heterocycles. The lowest BCUT2D eigenvalue weighted by atomic mass is 10.1. The Morgan fingerprint density at radius 2 is 1.77 bits per heavy atom. The van der Waals surface area contributed by atoms with Gasteiger partial charge in [0, 0.05) is 23.7 Å². The lowest BCUT2D eigenvalue weighted by Gasteiger charge is -2.18. The Morgan fingerprint density at radius 3 is 2.33 bits per heavy atom. The van der Waals surface area contributed by atoms with E-state index in [1.807, 2.05) is 20.8 Å². The zero-order valence-electron chi connectivity index (χ0n) is 22.8. The number of carboxylic acids is 1. The minimum atomic E-state index is -4.10. The van der Waals surface area contributed by atoms with Crippen LogP contribution in [0.2, 0.25) is 0 Å². The smallest absolute Gasteiger partial charge is 0.356 e. The molecule has 0 bridgehead atoms. The summed E-state index contributed by atoms with van der Waals surface area (Å²) in [4.78, 5) is 24.0. The van der Waals surface area contributed by atoms with E-state index in [1.54, 1.807) is 31.2 Å². The van der Waals surface area contributed by atoms with E-state index in [0.717, 1.165) is 0 Å². The third-order valence-electron chi connectivity index (χ3n) is 5.87. The molecule has 2 aromatic carbocycles. The summed E-state index contributed by atoms with van der Waals surface area (Å²) < 4.78 is 42.0. The molecule has 0 aliphatic rings. The molecule has 0 radical (unpaired) electrons. The zero-order valence-corrected chi connectivity index (χ0v) is 23.6. The highest BCUT2D eigenvalue weighted by molar-refractivity contribution is 7.89. The van der Waals surface area contributed by atoms with Crippen LogP contribution in [0.4, 0.5) is 5.69 Å². The van der Waals surface area contributed by atoms with E-state index in [4.69, 9.17) is 9.47 Å². The molecule has 0 saturated carbocycles. The number of aromatic carboxylic acids is 1. The van der Waals surface area contributed by atoms with E-state index in [2.05, 4.69) is 15.1 Å². The summed E-state index contributed by atoms with van der Waals surface area (Å²) in [5.74, 6) is -0.859. The minimum absolute atomic E-state index is 0.0224. The van der Waals surface area contributed by atoms with Gasteiger partial charge in [0.25, 0.3) is 0 Å². The van der Waals surface area contributed by atoms with Crippen LogP contribution in [0.5, 0.6) is 17.4 Å². The van der Waals surface area contributed by atoms with Gasteiger partial charge in [-0.15, -0.1) is 0 Å².